The Morgan fingerprint density at radius 3 is 2.36 bits per heavy atom. The first-order valence-corrected chi connectivity index (χ1v) is 4.24. The highest BCUT2D eigenvalue weighted by Gasteiger charge is 2.33. The van der Waals surface area contributed by atoms with Crippen molar-refractivity contribution in [3.63, 3.8) is 0 Å². The van der Waals surface area contributed by atoms with Crippen LogP contribution in [0.2, 0.25) is 0 Å². The molecule has 0 saturated heterocycles. The van der Waals surface area contributed by atoms with Crippen LogP contribution in [0, 0.1) is 22.0 Å². The van der Waals surface area contributed by atoms with E-state index >= 15 is 0 Å². The SMILES string of the molecule is CC(C)C1CCC([N+](=O)[O-])C1. The minimum Gasteiger partial charge on any atom is -0.264 e. The number of nitrogens with zero attached hydrogens (tertiary/aromatic N) is 1. The van der Waals surface area contributed by atoms with E-state index in [1.165, 1.54) is 0 Å². The summed E-state index contributed by atoms with van der Waals surface area (Å²) in [4.78, 5) is 10.3. The van der Waals surface area contributed by atoms with Crippen molar-refractivity contribution < 1.29 is 4.92 Å². The van der Waals surface area contributed by atoms with Gasteiger partial charge in [-0.15, -0.1) is 0 Å². The molecule has 0 aliphatic heterocycles. The third-order valence-corrected chi connectivity index (χ3v) is 2.69. The van der Waals surface area contributed by atoms with Crippen molar-refractivity contribution in [3.8, 4) is 0 Å². The zero-order chi connectivity index (χ0) is 8.43. The molecule has 3 heteroatoms. The molecule has 11 heavy (non-hydrogen) atoms. The summed E-state index contributed by atoms with van der Waals surface area (Å²) in [7, 11) is 0. The van der Waals surface area contributed by atoms with Gasteiger partial charge in [0.1, 0.15) is 0 Å². The minimum atomic E-state index is -0.248. The van der Waals surface area contributed by atoms with Gasteiger partial charge < -0.3 is 0 Å². The summed E-state index contributed by atoms with van der Waals surface area (Å²) < 4.78 is 0. The lowest BCUT2D eigenvalue weighted by molar-refractivity contribution is -0.521. The molecule has 0 bridgehead atoms. The van der Waals surface area contributed by atoms with Crippen LogP contribution < -0.4 is 0 Å². The maximum Gasteiger partial charge on any atom is 0.213 e. The largest absolute Gasteiger partial charge is 0.264 e. The van der Waals surface area contributed by atoms with Gasteiger partial charge in [-0.2, -0.15) is 0 Å². The van der Waals surface area contributed by atoms with Gasteiger partial charge in [0.15, 0.2) is 0 Å². The fourth-order valence-electron chi connectivity index (χ4n) is 1.79. The molecule has 1 rings (SSSR count). The molecule has 0 amide bonds. The van der Waals surface area contributed by atoms with E-state index in [4.69, 9.17) is 0 Å². The zero-order valence-corrected chi connectivity index (χ0v) is 7.12. The van der Waals surface area contributed by atoms with Crippen LogP contribution >= 0.6 is 0 Å². The molecule has 2 unspecified atom stereocenters. The van der Waals surface area contributed by atoms with Gasteiger partial charge in [0.05, 0.1) is 0 Å². The van der Waals surface area contributed by atoms with Gasteiger partial charge in [-0.05, 0) is 18.3 Å². The summed E-state index contributed by atoms with van der Waals surface area (Å²) >= 11 is 0. The van der Waals surface area contributed by atoms with E-state index in [9.17, 15) is 10.1 Å². The van der Waals surface area contributed by atoms with Gasteiger partial charge in [-0.1, -0.05) is 13.8 Å². The Hall–Kier alpha value is -0.600. The van der Waals surface area contributed by atoms with Gasteiger partial charge in [-0.3, -0.25) is 10.1 Å². The quantitative estimate of drug-likeness (QED) is 0.455. The molecule has 2 atom stereocenters. The topological polar surface area (TPSA) is 43.1 Å². The molecule has 0 aromatic rings. The van der Waals surface area contributed by atoms with E-state index in [1.54, 1.807) is 0 Å². The molecule has 1 aliphatic rings. The van der Waals surface area contributed by atoms with Crippen LogP contribution in [0.15, 0.2) is 0 Å². The molecule has 0 spiro atoms. The van der Waals surface area contributed by atoms with Gasteiger partial charge in [-0.25, -0.2) is 0 Å². The monoisotopic (exact) mass is 157 g/mol. The van der Waals surface area contributed by atoms with Crippen molar-refractivity contribution in [1.29, 1.82) is 0 Å². The van der Waals surface area contributed by atoms with Crippen molar-refractivity contribution in [2.24, 2.45) is 11.8 Å². The predicted molar refractivity (Wildman–Crippen MR) is 43.0 cm³/mol. The number of nitro groups is 1. The highest BCUT2D eigenvalue weighted by atomic mass is 16.6. The first-order chi connectivity index (χ1) is 5.11. The Balaban J connectivity index is 2.41. The van der Waals surface area contributed by atoms with E-state index < -0.39 is 0 Å². The average molecular weight is 157 g/mol. The van der Waals surface area contributed by atoms with E-state index in [0.29, 0.717) is 11.8 Å². The summed E-state index contributed by atoms with van der Waals surface area (Å²) in [5.74, 6) is 1.20. The molecule has 3 nitrogen and oxygen atoms in total. The standard InChI is InChI=1S/C8H15NO2/c1-6(2)7-3-4-8(5-7)9(10)11/h6-8H,3-5H2,1-2H3. The van der Waals surface area contributed by atoms with Gasteiger partial charge in [0, 0.05) is 17.8 Å². The Labute approximate surface area is 66.9 Å². The second-order valence-corrected chi connectivity index (χ2v) is 3.76. The highest BCUT2D eigenvalue weighted by molar-refractivity contribution is 4.76. The van der Waals surface area contributed by atoms with Gasteiger partial charge in [0.2, 0.25) is 6.04 Å². The molecule has 64 valence electrons. The Kier molecular flexibility index (Phi) is 2.47. The highest BCUT2D eigenvalue weighted by Crippen LogP contribution is 2.32. The smallest absolute Gasteiger partial charge is 0.213 e. The molecule has 0 heterocycles. The molecule has 1 aliphatic carbocycles. The molecule has 1 saturated carbocycles. The summed E-state index contributed by atoms with van der Waals surface area (Å²) in [6.45, 7) is 4.29. The lowest BCUT2D eigenvalue weighted by Crippen LogP contribution is -2.16. The Morgan fingerprint density at radius 2 is 2.09 bits per heavy atom. The number of hydrogen-bond donors (Lipinski definition) is 0. The first-order valence-electron chi connectivity index (χ1n) is 4.24. The van der Waals surface area contributed by atoms with Crippen molar-refractivity contribution in [3.05, 3.63) is 10.1 Å². The third-order valence-electron chi connectivity index (χ3n) is 2.69. The maximum absolute atomic E-state index is 10.4. The molecule has 0 aromatic carbocycles. The summed E-state index contributed by atoms with van der Waals surface area (Å²) in [5, 5.41) is 10.4. The van der Waals surface area contributed by atoms with Crippen LogP contribution in [-0.4, -0.2) is 11.0 Å². The number of hydrogen-bond acceptors (Lipinski definition) is 2. The molecular weight excluding hydrogens is 142 g/mol. The molecular formula is C8H15NO2. The van der Waals surface area contributed by atoms with Crippen molar-refractivity contribution in [2.45, 2.75) is 39.2 Å². The van der Waals surface area contributed by atoms with E-state index in [-0.39, 0.29) is 11.0 Å². The lowest BCUT2D eigenvalue weighted by Gasteiger charge is -2.11. The zero-order valence-electron chi connectivity index (χ0n) is 7.12. The molecule has 0 radical (unpaired) electrons. The van der Waals surface area contributed by atoms with Crippen LogP contribution in [0.1, 0.15) is 33.1 Å². The molecule has 1 fully saturated rings. The summed E-state index contributed by atoms with van der Waals surface area (Å²) in [5.41, 5.74) is 0. The normalized spacial score (nSPS) is 31.2. The fourth-order valence-corrected chi connectivity index (χ4v) is 1.79. The Bertz CT molecular complexity index is 156. The molecule has 0 N–H and O–H groups in total. The van der Waals surface area contributed by atoms with Crippen molar-refractivity contribution in [2.75, 3.05) is 0 Å². The average Bonchev–Trinajstić information content (AvgIpc) is 2.33. The third kappa shape index (κ3) is 1.91. The fraction of sp³-hybridized carbons (Fsp3) is 1.00. The summed E-state index contributed by atoms with van der Waals surface area (Å²) in [6.07, 6.45) is 2.63. The minimum absolute atomic E-state index is 0.123. The first kappa shape index (κ1) is 8.50. The van der Waals surface area contributed by atoms with Crippen LogP contribution in [-0.2, 0) is 0 Å². The van der Waals surface area contributed by atoms with Gasteiger partial charge >= 0.3 is 0 Å². The second kappa shape index (κ2) is 3.20. The van der Waals surface area contributed by atoms with Gasteiger partial charge in [0.25, 0.3) is 0 Å². The maximum atomic E-state index is 10.4. The number of rotatable bonds is 2. The van der Waals surface area contributed by atoms with E-state index in [0.717, 1.165) is 19.3 Å². The predicted octanol–water partition coefficient (Wildman–Crippen LogP) is 2.09. The lowest BCUT2D eigenvalue weighted by atomic mass is 9.94. The van der Waals surface area contributed by atoms with Crippen molar-refractivity contribution >= 4 is 0 Å². The van der Waals surface area contributed by atoms with Crippen LogP contribution in [0.4, 0.5) is 0 Å². The van der Waals surface area contributed by atoms with Crippen molar-refractivity contribution in [1.82, 2.24) is 0 Å². The Morgan fingerprint density at radius 1 is 1.45 bits per heavy atom. The van der Waals surface area contributed by atoms with Crippen LogP contribution in [0.3, 0.4) is 0 Å². The molecule has 0 aromatic heterocycles. The van der Waals surface area contributed by atoms with E-state index in [1.807, 2.05) is 0 Å². The van der Waals surface area contributed by atoms with Crippen LogP contribution in [0.5, 0.6) is 0 Å². The van der Waals surface area contributed by atoms with E-state index in [2.05, 4.69) is 13.8 Å². The second-order valence-electron chi connectivity index (χ2n) is 3.76. The summed E-state index contributed by atoms with van der Waals surface area (Å²) in [6, 6.07) is -0.248. The van der Waals surface area contributed by atoms with Crippen LogP contribution in [0.25, 0.3) is 0 Å².